The van der Waals surface area contributed by atoms with Gasteiger partial charge in [-0.25, -0.2) is 4.39 Å². The quantitative estimate of drug-likeness (QED) is 0.366. The Labute approximate surface area is 131 Å². The first-order valence-electron chi connectivity index (χ1n) is 6.15. The van der Waals surface area contributed by atoms with Gasteiger partial charge in [0.1, 0.15) is 5.82 Å². The van der Waals surface area contributed by atoms with Crippen LogP contribution in [0.3, 0.4) is 0 Å². The van der Waals surface area contributed by atoms with Crippen molar-refractivity contribution in [2.75, 3.05) is 0 Å². The summed E-state index contributed by atoms with van der Waals surface area (Å²) in [5.74, 6) is -0.843. The van der Waals surface area contributed by atoms with Gasteiger partial charge < -0.3 is 0 Å². The average Bonchev–Trinajstić information content (AvgIpc) is 2.43. The number of benzene rings is 1. The normalized spacial score (nSPS) is 13.7. The zero-order valence-electron chi connectivity index (χ0n) is 12.1. The van der Waals surface area contributed by atoms with Crippen LogP contribution in [0, 0.1) is 5.82 Å². The van der Waals surface area contributed by atoms with E-state index in [9.17, 15) is 17.6 Å². The molecule has 0 spiro atoms. The summed E-state index contributed by atoms with van der Waals surface area (Å²) < 4.78 is 52.0. The highest BCUT2D eigenvalue weighted by Crippen LogP contribution is 2.33. The maximum atomic E-state index is 13.8. The van der Waals surface area contributed by atoms with Gasteiger partial charge in [-0.3, -0.25) is 4.99 Å². The van der Waals surface area contributed by atoms with E-state index in [2.05, 4.69) is 18.3 Å². The van der Waals surface area contributed by atoms with Crippen LogP contribution in [0.15, 0.2) is 52.0 Å². The van der Waals surface area contributed by atoms with Crippen LogP contribution in [0.2, 0.25) is 0 Å². The molecule has 1 aromatic carbocycles. The molecule has 0 aliphatic carbocycles. The molecule has 1 rings (SSSR count). The van der Waals surface area contributed by atoms with Crippen molar-refractivity contribution >= 4 is 24.0 Å². The van der Waals surface area contributed by atoms with E-state index in [1.807, 2.05) is 0 Å². The number of halogens is 5. The molecule has 0 amide bonds. The molecule has 118 valence electrons. The van der Waals surface area contributed by atoms with Crippen LogP contribution in [0.5, 0.6) is 0 Å². The van der Waals surface area contributed by atoms with Gasteiger partial charge in [-0.05, 0) is 50.4 Å². The molecule has 22 heavy (non-hydrogen) atoms. The molecule has 0 unspecified atom stereocenters. The van der Waals surface area contributed by atoms with Crippen molar-refractivity contribution in [3.05, 3.63) is 64.0 Å². The first-order valence-corrected chi connectivity index (χ1v) is 6.53. The molecular formula is C16H14ClF4N. The van der Waals surface area contributed by atoms with Gasteiger partial charge in [0.2, 0.25) is 0 Å². The van der Waals surface area contributed by atoms with Gasteiger partial charge in [0, 0.05) is 10.6 Å². The second kappa shape index (κ2) is 6.92. The molecule has 0 aromatic heterocycles. The van der Waals surface area contributed by atoms with Gasteiger partial charge in [0.05, 0.1) is 11.3 Å². The van der Waals surface area contributed by atoms with Crippen molar-refractivity contribution in [3.8, 4) is 0 Å². The van der Waals surface area contributed by atoms with E-state index in [1.165, 1.54) is 6.08 Å². The van der Waals surface area contributed by atoms with Crippen LogP contribution in [-0.2, 0) is 6.18 Å². The predicted molar refractivity (Wildman–Crippen MR) is 82.3 cm³/mol. The topological polar surface area (TPSA) is 12.4 Å². The van der Waals surface area contributed by atoms with Gasteiger partial charge in [0.25, 0.3) is 0 Å². The molecule has 1 nitrogen and oxygen atoms in total. The van der Waals surface area contributed by atoms with Crippen molar-refractivity contribution in [1.29, 1.82) is 0 Å². The van der Waals surface area contributed by atoms with Crippen LogP contribution >= 0.6 is 11.6 Å². The number of hydrogen-bond donors (Lipinski definition) is 0. The zero-order valence-corrected chi connectivity index (χ0v) is 12.8. The Balaban J connectivity index is 3.47. The fourth-order valence-electron chi connectivity index (χ4n) is 1.54. The standard InChI is InChI=1S/C16H14ClF4N/c1-9(2)10(3)13(17)8-15(22-4)12-7-11(16(19,20)21)5-6-14(12)18/h5-8H,1,4H2,2-3H3/b13-10-,15-8-. The lowest BCUT2D eigenvalue weighted by Gasteiger charge is -2.10. The minimum absolute atomic E-state index is 0.0887. The van der Waals surface area contributed by atoms with Gasteiger partial charge in [-0.15, -0.1) is 0 Å². The number of rotatable bonds is 4. The Bertz CT molecular complexity index is 669. The first-order chi connectivity index (χ1) is 10.1. The van der Waals surface area contributed by atoms with Gasteiger partial charge in [-0.1, -0.05) is 23.8 Å². The van der Waals surface area contributed by atoms with Crippen molar-refractivity contribution < 1.29 is 17.6 Å². The van der Waals surface area contributed by atoms with E-state index in [-0.39, 0.29) is 16.3 Å². The molecule has 0 N–H and O–H groups in total. The Morgan fingerprint density at radius 3 is 2.32 bits per heavy atom. The molecule has 0 bridgehead atoms. The molecule has 1 aromatic rings. The third kappa shape index (κ3) is 4.31. The number of aliphatic imine (C=N–C) groups is 1. The summed E-state index contributed by atoms with van der Waals surface area (Å²) in [6, 6.07) is 2.08. The fourth-order valence-corrected chi connectivity index (χ4v) is 1.80. The van der Waals surface area contributed by atoms with E-state index in [4.69, 9.17) is 11.6 Å². The molecule has 0 aliphatic rings. The molecule has 6 heteroatoms. The van der Waals surface area contributed by atoms with Crippen LogP contribution in [-0.4, -0.2) is 6.72 Å². The smallest absolute Gasteiger partial charge is 0.264 e. The maximum Gasteiger partial charge on any atom is 0.416 e. The zero-order chi connectivity index (χ0) is 17.1. The molecule has 0 radical (unpaired) electrons. The van der Waals surface area contributed by atoms with Crippen LogP contribution < -0.4 is 0 Å². The lowest BCUT2D eigenvalue weighted by molar-refractivity contribution is -0.137. The summed E-state index contributed by atoms with van der Waals surface area (Å²) in [5, 5.41) is 0.201. The summed E-state index contributed by atoms with van der Waals surface area (Å²) >= 11 is 6.04. The van der Waals surface area contributed by atoms with Crippen LogP contribution in [0.25, 0.3) is 5.70 Å². The van der Waals surface area contributed by atoms with Gasteiger partial charge >= 0.3 is 6.18 Å². The maximum absolute atomic E-state index is 13.8. The lowest BCUT2D eigenvalue weighted by atomic mass is 10.1. The molecule has 0 fully saturated rings. The average molecular weight is 332 g/mol. The van der Waals surface area contributed by atoms with Crippen LogP contribution in [0.4, 0.5) is 17.6 Å². The Morgan fingerprint density at radius 2 is 1.86 bits per heavy atom. The lowest BCUT2D eigenvalue weighted by Crippen LogP contribution is -2.06. The SMILES string of the molecule is C=N/C(=C\C(Cl)=C(/C)C(=C)C)c1cc(C(F)(F)F)ccc1F. The first kappa shape index (κ1) is 18.2. The van der Waals surface area contributed by atoms with E-state index in [0.29, 0.717) is 23.3 Å². The van der Waals surface area contributed by atoms with E-state index in [1.54, 1.807) is 13.8 Å². The third-order valence-corrected chi connectivity index (χ3v) is 3.39. The minimum Gasteiger partial charge on any atom is -0.264 e. The second-order valence-electron chi connectivity index (χ2n) is 4.63. The van der Waals surface area contributed by atoms with E-state index >= 15 is 0 Å². The van der Waals surface area contributed by atoms with Gasteiger partial charge in [0.15, 0.2) is 0 Å². The highest BCUT2D eigenvalue weighted by atomic mass is 35.5. The van der Waals surface area contributed by atoms with Crippen molar-refractivity contribution in [2.24, 2.45) is 4.99 Å². The number of nitrogens with zero attached hydrogens (tertiary/aromatic N) is 1. The molecule has 0 saturated carbocycles. The van der Waals surface area contributed by atoms with E-state index in [0.717, 1.165) is 6.07 Å². The molecule has 0 heterocycles. The summed E-state index contributed by atoms with van der Waals surface area (Å²) in [6.45, 7) is 10.4. The Kier molecular flexibility index (Phi) is 5.72. The highest BCUT2D eigenvalue weighted by molar-refractivity contribution is 6.32. The summed E-state index contributed by atoms with van der Waals surface area (Å²) in [7, 11) is 0. The predicted octanol–water partition coefficient (Wildman–Crippen LogP) is 5.97. The largest absolute Gasteiger partial charge is 0.416 e. The number of allylic oxidation sites excluding steroid dienone is 4. The molecular weight excluding hydrogens is 318 g/mol. The van der Waals surface area contributed by atoms with Crippen LogP contribution in [0.1, 0.15) is 25.0 Å². The third-order valence-electron chi connectivity index (χ3n) is 3.00. The van der Waals surface area contributed by atoms with Crippen molar-refractivity contribution in [1.82, 2.24) is 0 Å². The fraction of sp³-hybridized carbons (Fsp3) is 0.188. The molecule has 0 saturated heterocycles. The van der Waals surface area contributed by atoms with E-state index < -0.39 is 17.6 Å². The van der Waals surface area contributed by atoms with Gasteiger partial charge in [-0.2, -0.15) is 13.2 Å². The summed E-state index contributed by atoms with van der Waals surface area (Å²) in [4.78, 5) is 3.58. The monoisotopic (exact) mass is 331 g/mol. The summed E-state index contributed by atoms with van der Waals surface area (Å²) in [6.07, 6.45) is -3.32. The van der Waals surface area contributed by atoms with Crippen molar-refractivity contribution in [3.63, 3.8) is 0 Å². The minimum atomic E-state index is -4.58. The summed E-state index contributed by atoms with van der Waals surface area (Å²) in [5.41, 5.74) is -0.0914. The Hall–Kier alpha value is -1.88. The van der Waals surface area contributed by atoms with Crippen molar-refractivity contribution in [2.45, 2.75) is 20.0 Å². The molecule has 0 aliphatic heterocycles. The number of alkyl halides is 3. The molecule has 0 atom stereocenters. The number of hydrogen-bond acceptors (Lipinski definition) is 1. The second-order valence-corrected chi connectivity index (χ2v) is 5.04. The highest BCUT2D eigenvalue weighted by Gasteiger charge is 2.31. The Morgan fingerprint density at radius 1 is 1.27 bits per heavy atom.